The number of nitrogens with zero attached hydrogens (tertiary/aromatic N) is 2. The van der Waals surface area contributed by atoms with Crippen LogP contribution in [0, 0.1) is 0 Å². The van der Waals surface area contributed by atoms with Crippen LogP contribution in [0.2, 0.25) is 9.49 Å². The SMILES string of the molecule is CCCc1c(Cl)ncnc1NC(C)c1ccc(Cl)s1. The van der Waals surface area contributed by atoms with E-state index >= 15 is 0 Å². The summed E-state index contributed by atoms with van der Waals surface area (Å²) < 4.78 is 0.790. The summed E-state index contributed by atoms with van der Waals surface area (Å²) in [5.41, 5.74) is 0.973. The van der Waals surface area contributed by atoms with Crippen LogP contribution in [0.3, 0.4) is 0 Å². The Bertz CT molecular complexity index is 557. The highest BCUT2D eigenvalue weighted by Gasteiger charge is 2.13. The lowest BCUT2D eigenvalue weighted by Gasteiger charge is -2.16. The molecule has 0 spiro atoms. The molecule has 2 heterocycles. The lowest BCUT2D eigenvalue weighted by molar-refractivity contribution is 0.858. The molecule has 2 aromatic rings. The lowest BCUT2D eigenvalue weighted by Crippen LogP contribution is -2.09. The molecule has 0 saturated carbocycles. The van der Waals surface area contributed by atoms with Gasteiger partial charge in [0, 0.05) is 10.4 Å². The smallest absolute Gasteiger partial charge is 0.137 e. The first-order valence-corrected chi connectivity index (χ1v) is 7.70. The predicted molar refractivity (Wildman–Crippen MR) is 82.4 cm³/mol. The number of hydrogen-bond donors (Lipinski definition) is 1. The molecule has 0 aliphatic carbocycles. The molecule has 6 heteroatoms. The van der Waals surface area contributed by atoms with E-state index in [4.69, 9.17) is 23.2 Å². The van der Waals surface area contributed by atoms with Crippen molar-refractivity contribution in [1.29, 1.82) is 0 Å². The first-order valence-electron chi connectivity index (χ1n) is 6.13. The molecule has 1 N–H and O–H groups in total. The van der Waals surface area contributed by atoms with Gasteiger partial charge in [-0.1, -0.05) is 36.5 Å². The summed E-state index contributed by atoms with van der Waals surface area (Å²) in [6.07, 6.45) is 3.35. The van der Waals surface area contributed by atoms with E-state index < -0.39 is 0 Å². The topological polar surface area (TPSA) is 37.8 Å². The Morgan fingerprint density at radius 2 is 2.11 bits per heavy atom. The van der Waals surface area contributed by atoms with Crippen molar-refractivity contribution < 1.29 is 0 Å². The molecule has 3 nitrogen and oxygen atoms in total. The van der Waals surface area contributed by atoms with Crippen molar-refractivity contribution in [3.8, 4) is 0 Å². The summed E-state index contributed by atoms with van der Waals surface area (Å²) in [6, 6.07) is 4.06. The van der Waals surface area contributed by atoms with E-state index in [0.717, 1.165) is 28.6 Å². The fourth-order valence-corrected chi connectivity index (χ4v) is 3.11. The molecular formula is C13H15Cl2N3S. The predicted octanol–water partition coefficient (Wildman–Crippen LogP) is 4.97. The average molecular weight is 316 g/mol. The monoisotopic (exact) mass is 315 g/mol. The van der Waals surface area contributed by atoms with Crippen LogP contribution in [0.5, 0.6) is 0 Å². The van der Waals surface area contributed by atoms with Gasteiger partial charge in [-0.25, -0.2) is 9.97 Å². The standard InChI is InChI=1S/C13H15Cl2N3S/c1-3-4-9-12(15)16-7-17-13(9)18-8(2)10-5-6-11(14)19-10/h5-8H,3-4H2,1-2H3,(H,16,17,18). The van der Waals surface area contributed by atoms with Gasteiger partial charge >= 0.3 is 0 Å². The number of anilines is 1. The number of nitrogens with one attached hydrogen (secondary N) is 1. The molecule has 0 aromatic carbocycles. The summed E-state index contributed by atoms with van der Waals surface area (Å²) in [4.78, 5) is 9.50. The summed E-state index contributed by atoms with van der Waals surface area (Å²) in [6.45, 7) is 4.18. The van der Waals surface area contributed by atoms with Crippen molar-refractivity contribution in [1.82, 2.24) is 9.97 Å². The van der Waals surface area contributed by atoms with Crippen LogP contribution in [0.25, 0.3) is 0 Å². The maximum absolute atomic E-state index is 6.13. The normalized spacial score (nSPS) is 12.4. The molecule has 2 aromatic heterocycles. The highest BCUT2D eigenvalue weighted by atomic mass is 35.5. The van der Waals surface area contributed by atoms with Gasteiger partial charge in [-0.15, -0.1) is 11.3 Å². The van der Waals surface area contributed by atoms with E-state index in [1.807, 2.05) is 12.1 Å². The molecule has 2 rings (SSSR count). The molecule has 0 amide bonds. The Balaban J connectivity index is 2.21. The molecule has 0 aliphatic heterocycles. The van der Waals surface area contributed by atoms with Crippen molar-refractivity contribution in [3.63, 3.8) is 0 Å². The van der Waals surface area contributed by atoms with Gasteiger partial charge in [0.2, 0.25) is 0 Å². The fraction of sp³-hybridized carbons (Fsp3) is 0.385. The number of aromatic nitrogens is 2. The van der Waals surface area contributed by atoms with Crippen LogP contribution in [0.15, 0.2) is 18.5 Å². The molecule has 19 heavy (non-hydrogen) atoms. The van der Waals surface area contributed by atoms with E-state index in [-0.39, 0.29) is 6.04 Å². The molecule has 1 unspecified atom stereocenters. The van der Waals surface area contributed by atoms with Crippen molar-refractivity contribution in [2.45, 2.75) is 32.7 Å². The Labute approximate surface area is 127 Å². The zero-order valence-corrected chi connectivity index (χ0v) is 13.1. The van der Waals surface area contributed by atoms with Gasteiger partial charge in [0.1, 0.15) is 17.3 Å². The number of hydrogen-bond acceptors (Lipinski definition) is 4. The quantitative estimate of drug-likeness (QED) is 0.791. The van der Waals surface area contributed by atoms with Gasteiger partial charge in [0.05, 0.1) is 10.4 Å². The summed E-state index contributed by atoms with van der Waals surface area (Å²) >= 11 is 13.7. The van der Waals surface area contributed by atoms with Crippen molar-refractivity contribution in [3.05, 3.63) is 38.4 Å². The second-order valence-electron chi connectivity index (χ2n) is 4.25. The van der Waals surface area contributed by atoms with Crippen LogP contribution in [-0.2, 0) is 6.42 Å². The first-order chi connectivity index (χ1) is 9.11. The average Bonchev–Trinajstić information content (AvgIpc) is 2.80. The third-order valence-corrected chi connectivity index (χ3v) is 4.51. The van der Waals surface area contributed by atoms with Gasteiger partial charge in [0.25, 0.3) is 0 Å². The van der Waals surface area contributed by atoms with Gasteiger partial charge in [-0.05, 0) is 25.5 Å². The second kappa shape index (κ2) is 6.55. The van der Waals surface area contributed by atoms with E-state index in [1.165, 1.54) is 11.2 Å². The molecule has 0 bridgehead atoms. The van der Waals surface area contributed by atoms with Crippen LogP contribution in [0.1, 0.15) is 36.8 Å². The molecule has 0 saturated heterocycles. The molecule has 102 valence electrons. The third-order valence-electron chi connectivity index (χ3n) is 2.77. The molecule has 0 fully saturated rings. The lowest BCUT2D eigenvalue weighted by atomic mass is 10.1. The molecule has 1 atom stereocenters. The van der Waals surface area contributed by atoms with Gasteiger partial charge in [-0.3, -0.25) is 0 Å². The highest BCUT2D eigenvalue weighted by molar-refractivity contribution is 7.16. The van der Waals surface area contributed by atoms with Crippen LogP contribution in [-0.4, -0.2) is 9.97 Å². The Morgan fingerprint density at radius 1 is 1.32 bits per heavy atom. The van der Waals surface area contributed by atoms with Crippen LogP contribution in [0.4, 0.5) is 5.82 Å². The Hall–Kier alpha value is -0.840. The van der Waals surface area contributed by atoms with Crippen LogP contribution < -0.4 is 5.32 Å². The van der Waals surface area contributed by atoms with Crippen molar-refractivity contribution >= 4 is 40.4 Å². The molecule has 0 aliphatic rings. The minimum absolute atomic E-state index is 0.138. The summed E-state index contributed by atoms with van der Waals surface area (Å²) in [5, 5.41) is 3.91. The highest BCUT2D eigenvalue weighted by Crippen LogP contribution is 2.30. The zero-order valence-electron chi connectivity index (χ0n) is 10.8. The Kier molecular flexibility index (Phi) is 5.02. The van der Waals surface area contributed by atoms with E-state index in [1.54, 1.807) is 11.3 Å². The Morgan fingerprint density at radius 3 is 2.74 bits per heavy atom. The van der Waals surface area contributed by atoms with E-state index in [0.29, 0.717) is 5.15 Å². The third kappa shape index (κ3) is 3.59. The number of thiophene rings is 1. The number of rotatable bonds is 5. The summed E-state index contributed by atoms with van der Waals surface area (Å²) in [5.74, 6) is 0.805. The minimum atomic E-state index is 0.138. The second-order valence-corrected chi connectivity index (χ2v) is 6.35. The first kappa shape index (κ1) is 14.6. The maximum atomic E-state index is 6.13. The number of halogens is 2. The van der Waals surface area contributed by atoms with Gasteiger partial charge in [0.15, 0.2) is 0 Å². The zero-order chi connectivity index (χ0) is 13.8. The minimum Gasteiger partial charge on any atom is -0.362 e. The van der Waals surface area contributed by atoms with Gasteiger partial charge < -0.3 is 5.32 Å². The summed E-state index contributed by atoms with van der Waals surface area (Å²) in [7, 11) is 0. The van der Waals surface area contributed by atoms with Crippen molar-refractivity contribution in [2.24, 2.45) is 0 Å². The maximum Gasteiger partial charge on any atom is 0.137 e. The van der Waals surface area contributed by atoms with Crippen molar-refractivity contribution in [2.75, 3.05) is 5.32 Å². The largest absolute Gasteiger partial charge is 0.362 e. The van der Waals surface area contributed by atoms with Gasteiger partial charge in [-0.2, -0.15) is 0 Å². The van der Waals surface area contributed by atoms with E-state index in [9.17, 15) is 0 Å². The van der Waals surface area contributed by atoms with Crippen LogP contribution >= 0.6 is 34.5 Å². The molecular weight excluding hydrogens is 301 g/mol. The fourth-order valence-electron chi connectivity index (χ4n) is 1.82. The molecule has 0 radical (unpaired) electrons. The van der Waals surface area contributed by atoms with E-state index in [2.05, 4.69) is 29.1 Å².